The lowest BCUT2D eigenvalue weighted by atomic mass is 10.1. The summed E-state index contributed by atoms with van der Waals surface area (Å²) in [6.07, 6.45) is 0.545. The van der Waals surface area contributed by atoms with Gasteiger partial charge in [-0.15, -0.1) is 0 Å². The molecule has 1 amide bonds. The molecule has 1 atom stereocenters. The second-order valence-electron chi connectivity index (χ2n) is 5.13. The molecule has 0 saturated carbocycles. The van der Waals surface area contributed by atoms with Gasteiger partial charge in [-0.25, -0.2) is 0 Å². The zero-order valence-corrected chi connectivity index (χ0v) is 12.0. The van der Waals surface area contributed by atoms with Crippen molar-refractivity contribution in [3.8, 4) is 0 Å². The maximum absolute atomic E-state index is 11.9. The molecule has 5 heteroatoms. The van der Waals surface area contributed by atoms with Gasteiger partial charge >= 0.3 is 0 Å². The van der Waals surface area contributed by atoms with E-state index in [0.29, 0.717) is 26.1 Å². The number of benzene rings is 1. The van der Waals surface area contributed by atoms with Gasteiger partial charge in [0.05, 0.1) is 6.61 Å². The lowest BCUT2D eigenvalue weighted by Gasteiger charge is -2.23. The van der Waals surface area contributed by atoms with E-state index in [2.05, 4.69) is 11.8 Å². The number of rotatable bonds is 6. The molecule has 0 aliphatic carbocycles. The highest BCUT2D eigenvalue weighted by atomic mass is 16.3. The predicted octanol–water partition coefficient (Wildman–Crippen LogP) is 0.817. The van der Waals surface area contributed by atoms with Crippen molar-refractivity contribution >= 4 is 17.3 Å². The first-order valence-corrected chi connectivity index (χ1v) is 7.15. The van der Waals surface area contributed by atoms with E-state index >= 15 is 0 Å². The number of hydrogen-bond donors (Lipinski definition) is 2. The Kier molecular flexibility index (Phi) is 4.98. The summed E-state index contributed by atoms with van der Waals surface area (Å²) < 4.78 is 0. The number of nitrogens with two attached hydrogens (primary N) is 1. The lowest BCUT2D eigenvalue weighted by Crippen LogP contribution is -2.27. The van der Waals surface area contributed by atoms with Crippen molar-refractivity contribution in [2.45, 2.75) is 13.3 Å². The van der Waals surface area contributed by atoms with E-state index in [9.17, 15) is 4.79 Å². The monoisotopic (exact) mass is 277 g/mol. The highest BCUT2D eigenvalue weighted by Crippen LogP contribution is 2.26. The minimum atomic E-state index is 0.137. The molecule has 3 N–H and O–H groups in total. The summed E-state index contributed by atoms with van der Waals surface area (Å²) in [7, 11) is 0. The lowest BCUT2D eigenvalue weighted by molar-refractivity contribution is -0.117. The van der Waals surface area contributed by atoms with Crippen molar-refractivity contribution in [3.05, 3.63) is 24.3 Å². The Balaban J connectivity index is 2.10. The van der Waals surface area contributed by atoms with Crippen LogP contribution >= 0.6 is 0 Å². The van der Waals surface area contributed by atoms with Crippen LogP contribution in [0.25, 0.3) is 0 Å². The molecule has 1 aromatic rings. The molecule has 0 aromatic heterocycles. The van der Waals surface area contributed by atoms with Gasteiger partial charge in [0.2, 0.25) is 5.91 Å². The number of aliphatic hydroxyl groups excluding tert-OH is 1. The smallest absolute Gasteiger partial charge is 0.227 e. The molecule has 110 valence electrons. The van der Waals surface area contributed by atoms with Gasteiger partial charge in [-0.05, 0) is 43.7 Å². The molecule has 5 nitrogen and oxygen atoms in total. The third-order valence-corrected chi connectivity index (χ3v) is 3.82. The van der Waals surface area contributed by atoms with Crippen molar-refractivity contribution < 1.29 is 9.90 Å². The van der Waals surface area contributed by atoms with Gasteiger partial charge in [0, 0.05) is 37.4 Å². The second kappa shape index (κ2) is 6.72. The summed E-state index contributed by atoms with van der Waals surface area (Å²) in [4.78, 5) is 15.9. The number of amides is 1. The summed E-state index contributed by atoms with van der Waals surface area (Å²) in [5.74, 6) is 0.416. The molecule has 2 rings (SSSR count). The molecule has 1 aliphatic heterocycles. The fourth-order valence-corrected chi connectivity index (χ4v) is 2.62. The van der Waals surface area contributed by atoms with Gasteiger partial charge in [-0.1, -0.05) is 0 Å². The minimum absolute atomic E-state index is 0.137. The number of carbonyl (C=O) groups is 1. The number of carbonyl (C=O) groups excluding carboxylic acids is 1. The molecule has 20 heavy (non-hydrogen) atoms. The number of aliphatic hydroxyl groups is 1. The highest BCUT2D eigenvalue weighted by Gasteiger charge is 2.29. The topological polar surface area (TPSA) is 69.8 Å². The van der Waals surface area contributed by atoms with Gasteiger partial charge in [-0.3, -0.25) is 4.79 Å². The summed E-state index contributed by atoms with van der Waals surface area (Å²) in [5.41, 5.74) is 7.63. The Morgan fingerprint density at radius 2 is 2.10 bits per heavy atom. The van der Waals surface area contributed by atoms with Gasteiger partial charge in [0.1, 0.15) is 0 Å². The number of anilines is 2. The van der Waals surface area contributed by atoms with Crippen molar-refractivity contribution in [1.29, 1.82) is 0 Å². The van der Waals surface area contributed by atoms with Crippen molar-refractivity contribution in [1.82, 2.24) is 0 Å². The quantitative estimate of drug-likeness (QED) is 0.807. The fourth-order valence-electron chi connectivity index (χ4n) is 2.62. The summed E-state index contributed by atoms with van der Waals surface area (Å²) >= 11 is 0. The van der Waals surface area contributed by atoms with E-state index < -0.39 is 0 Å². The zero-order chi connectivity index (χ0) is 14.5. The molecular formula is C15H23N3O2. The Morgan fingerprint density at radius 1 is 1.40 bits per heavy atom. The van der Waals surface area contributed by atoms with Crippen LogP contribution in [0.5, 0.6) is 0 Å². The van der Waals surface area contributed by atoms with Crippen LogP contribution in [-0.2, 0) is 4.79 Å². The van der Waals surface area contributed by atoms with Gasteiger partial charge in [-0.2, -0.15) is 0 Å². The Bertz CT molecular complexity index is 447. The maximum Gasteiger partial charge on any atom is 0.227 e. The molecule has 0 radical (unpaired) electrons. The summed E-state index contributed by atoms with van der Waals surface area (Å²) in [6.45, 7) is 4.92. The first-order valence-electron chi connectivity index (χ1n) is 7.15. The summed E-state index contributed by atoms with van der Waals surface area (Å²) in [6, 6.07) is 7.92. The SMILES string of the molecule is CCN(CCO)c1ccc(N2CC(CN)CC2=O)cc1. The van der Waals surface area contributed by atoms with Crippen LogP contribution in [0.4, 0.5) is 11.4 Å². The first-order chi connectivity index (χ1) is 9.69. The molecule has 1 unspecified atom stereocenters. The third-order valence-electron chi connectivity index (χ3n) is 3.82. The summed E-state index contributed by atoms with van der Waals surface area (Å²) in [5, 5.41) is 9.04. The minimum Gasteiger partial charge on any atom is -0.395 e. The number of hydrogen-bond acceptors (Lipinski definition) is 4. The molecule has 0 bridgehead atoms. The van der Waals surface area contributed by atoms with Gasteiger partial charge in [0.15, 0.2) is 0 Å². The van der Waals surface area contributed by atoms with Gasteiger partial charge < -0.3 is 20.6 Å². The number of nitrogens with zero attached hydrogens (tertiary/aromatic N) is 2. The van der Waals surface area contributed by atoms with Crippen molar-refractivity contribution in [2.24, 2.45) is 11.7 Å². The maximum atomic E-state index is 11.9. The first kappa shape index (κ1) is 14.8. The Labute approximate surface area is 120 Å². The molecule has 1 heterocycles. The zero-order valence-electron chi connectivity index (χ0n) is 12.0. The van der Waals surface area contributed by atoms with Crippen LogP contribution in [0.2, 0.25) is 0 Å². The van der Waals surface area contributed by atoms with E-state index in [0.717, 1.165) is 17.9 Å². The standard InChI is InChI=1S/C15H23N3O2/c1-2-17(7-8-19)13-3-5-14(6-4-13)18-11-12(10-16)9-15(18)20/h3-6,12,19H,2,7-11,16H2,1H3. The molecule has 1 saturated heterocycles. The number of likely N-dealkylation sites (N-methyl/N-ethyl adjacent to an activating group) is 1. The Morgan fingerprint density at radius 3 is 2.60 bits per heavy atom. The third kappa shape index (κ3) is 3.11. The molecule has 1 fully saturated rings. The van der Waals surface area contributed by atoms with Crippen molar-refractivity contribution in [2.75, 3.05) is 42.6 Å². The van der Waals surface area contributed by atoms with E-state index in [4.69, 9.17) is 10.8 Å². The molecule has 0 spiro atoms. The molecule has 1 aromatic carbocycles. The van der Waals surface area contributed by atoms with Crippen LogP contribution in [0.3, 0.4) is 0 Å². The van der Waals surface area contributed by atoms with E-state index in [1.807, 2.05) is 29.2 Å². The molecular weight excluding hydrogens is 254 g/mol. The van der Waals surface area contributed by atoms with Crippen LogP contribution < -0.4 is 15.5 Å². The van der Waals surface area contributed by atoms with E-state index in [-0.39, 0.29) is 18.4 Å². The van der Waals surface area contributed by atoms with Gasteiger partial charge in [0.25, 0.3) is 0 Å². The van der Waals surface area contributed by atoms with E-state index in [1.165, 1.54) is 0 Å². The largest absolute Gasteiger partial charge is 0.395 e. The van der Waals surface area contributed by atoms with Crippen LogP contribution in [-0.4, -0.2) is 43.8 Å². The van der Waals surface area contributed by atoms with Crippen molar-refractivity contribution in [3.63, 3.8) is 0 Å². The second-order valence-corrected chi connectivity index (χ2v) is 5.13. The highest BCUT2D eigenvalue weighted by molar-refractivity contribution is 5.95. The fraction of sp³-hybridized carbons (Fsp3) is 0.533. The van der Waals surface area contributed by atoms with E-state index in [1.54, 1.807) is 0 Å². The normalized spacial score (nSPS) is 18.6. The van der Waals surface area contributed by atoms with Crippen LogP contribution in [0, 0.1) is 5.92 Å². The average Bonchev–Trinajstić information content (AvgIpc) is 2.86. The Hall–Kier alpha value is -1.59. The average molecular weight is 277 g/mol. The van der Waals surface area contributed by atoms with Crippen LogP contribution in [0.1, 0.15) is 13.3 Å². The predicted molar refractivity (Wildman–Crippen MR) is 80.9 cm³/mol. The van der Waals surface area contributed by atoms with Crippen LogP contribution in [0.15, 0.2) is 24.3 Å². The molecule has 1 aliphatic rings.